The topological polar surface area (TPSA) is 63.6 Å². The number of carboxylic acid groups (broad SMARTS) is 1. The van der Waals surface area contributed by atoms with Crippen LogP contribution in [0.5, 0.6) is 0 Å². The number of rotatable bonds is 74. The van der Waals surface area contributed by atoms with Gasteiger partial charge < -0.3 is 9.84 Å². The third-order valence-electron chi connectivity index (χ3n) is 18.9. The Bertz CT molecular complexity index is 1170. The number of hydrogen-bond acceptors (Lipinski definition) is 3. The summed E-state index contributed by atoms with van der Waals surface area (Å²) in [6.07, 6.45) is 97.7. The van der Waals surface area contributed by atoms with Gasteiger partial charge in [0.05, 0.1) is 12.5 Å². The molecule has 0 rings (SSSR count). The predicted molar refractivity (Wildman–Crippen MR) is 377 cm³/mol. The molecular weight excluding hydrogens is 1020 g/mol. The zero-order chi connectivity index (χ0) is 61.1. The predicted octanol–water partition coefficient (Wildman–Crippen LogP) is 29.4. The van der Waals surface area contributed by atoms with Crippen molar-refractivity contribution in [2.75, 3.05) is 6.61 Å². The Morgan fingerprint density at radius 1 is 0.226 bits per heavy atom. The minimum atomic E-state index is -0.553. The number of unbranched alkanes of at least 4 members (excludes halogenated alkanes) is 65. The van der Waals surface area contributed by atoms with Crippen LogP contribution in [-0.4, -0.2) is 23.7 Å². The van der Waals surface area contributed by atoms with E-state index in [4.69, 9.17) is 4.74 Å². The van der Waals surface area contributed by atoms with Gasteiger partial charge in [0.15, 0.2) is 0 Å². The lowest BCUT2D eigenvalue weighted by atomic mass is 9.94. The molecule has 0 aliphatic carbocycles. The summed E-state index contributed by atoms with van der Waals surface area (Å²) in [5, 5.41) is 9.64. The zero-order valence-electron chi connectivity index (χ0n) is 58.9. The molecule has 84 heavy (non-hydrogen) atoms. The van der Waals surface area contributed by atoms with E-state index in [0.29, 0.717) is 13.0 Å². The molecule has 0 saturated carbocycles. The largest absolute Gasteiger partial charge is 0.481 e. The summed E-state index contributed by atoms with van der Waals surface area (Å²) in [5.74, 6) is -0.622. The normalized spacial score (nSPS) is 11.8. The summed E-state index contributed by atoms with van der Waals surface area (Å²) in [7, 11) is 0. The molecule has 0 aromatic rings. The Morgan fingerprint density at radius 2 is 0.381 bits per heavy atom. The molecule has 0 amide bonds. The van der Waals surface area contributed by atoms with E-state index in [1.54, 1.807) is 0 Å². The summed E-state index contributed by atoms with van der Waals surface area (Å²) in [4.78, 5) is 23.7. The number of carboxylic acids is 1. The van der Waals surface area contributed by atoms with E-state index in [-0.39, 0.29) is 11.9 Å². The minimum absolute atomic E-state index is 0.0305. The number of aliphatic carboxylic acids is 1. The average Bonchev–Trinajstić information content (AvgIpc) is 3.49. The number of hydrogen-bond donors (Lipinski definition) is 1. The molecule has 0 aliphatic rings. The second-order valence-electron chi connectivity index (χ2n) is 27.6. The fourth-order valence-electron chi connectivity index (χ4n) is 12.9. The van der Waals surface area contributed by atoms with Crippen LogP contribution in [0.4, 0.5) is 0 Å². The second-order valence-corrected chi connectivity index (χ2v) is 27.6. The molecule has 1 atom stereocenters. The fourth-order valence-corrected chi connectivity index (χ4v) is 12.9. The molecule has 1 N–H and O–H groups in total. The molecule has 0 aromatic heterocycles. The Hall–Kier alpha value is -1.06. The maximum atomic E-state index is 12.0. The van der Waals surface area contributed by atoms with Crippen LogP contribution in [0.1, 0.15) is 490 Å². The van der Waals surface area contributed by atoms with Gasteiger partial charge in [-0.05, 0) is 25.7 Å². The smallest absolute Gasteiger partial charge is 0.306 e. The van der Waals surface area contributed by atoms with Crippen LogP contribution in [0.25, 0.3) is 0 Å². The van der Waals surface area contributed by atoms with Crippen LogP contribution >= 0.6 is 0 Å². The first-order valence-electron chi connectivity index (χ1n) is 39.9. The van der Waals surface area contributed by atoms with Gasteiger partial charge in [-0.2, -0.15) is 0 Å². The summed E-state index contributed by atoms with van der Waals surface area (Å²) < 4.78 is 5.46. The van der Waals surface area contributed by atoms with Crippen LogP contribution < -0.4 is 0 Å². The summed E-state index contributed by atoms with van der Waals surface area (Å²) >= 11 is 0. The average molecular weight is 1190 g/mol. The maximum absolute atomic E-state index is 12.0. The van der Waals surface area contributed by atoms with Crippen molar-refractivity contribution < 1.29 is 19.4 Å². The first kappa shape index (κ1) is 85.0. The summed E-state index contributed by atoms with van der Waals surface area (Å²) in [6.45, 7) is 9.81. The molecule has 0 radical (unpaired) electrons. The van der Waals surface area contributed by atoms with Gasteiger partial charge in [0.1, 0.15) is 0 Å². The molecule has 0 fully saturated rings. The van der Waals surface area contributed by atoms with Crippen molar-refractivity contribution in [3.63, 3.8) is 0 Å². The first-order valence-corrected chi connectivity index (χ1v) is 39.9. The highest BCUT2D eigenvalue weighted by atomic mass is 16.5. The molecule has 0 bridgehead atoms. The van der Waals surface area contributed by atoms with Gasteiger partial charge >= 0.3 is 11.9 Å². The Balaban J connectivity index is 0. The fraction of sp³-hybridized carbons (Fsp3) is 0.975. The molecule has 1 unspecified atom stereocenters. The molecule has 4 nitrogen and oxygen atoms in total. The van der Waals surface area contributed by atoms with Crippen molar-refractivity contribution in [1.82, 2.24) is 0 Å². The van der Waals surface area contributed by atoms with Crippen LogP contribution in [0, 0.1) is 5.92 Å². The van der Waals surface area contributed by atoms with E-state index < -0.39 is 5.97 Å². The number of carbonyl (C=O) groups excluding carboxylic acids is 1. The highest BCUT2D eigenvalue weighted by Crippen LogP contribution is 2.22. The molecule has 0 saturated heterocycles. The van der Waals surface area contributed by atoms with Gasteiger partial charge in [0.2, 0.25) is 0 Å². The van der Waals surface area contributed by atoms with Crippen LogP contribution in [0.3, 0.4) is 0 Å². The van der Waals surface area contributed by atoms with E-state index >= 15 is 0 Å². The van der Waals surface area contributed by atoms with Crippen molar-refractivity contribution in [3.8, 4) is 0 Å². The van der Waals surface area contributed by atoms with Crippen LogP contribution in [0.2, 0.25) is 0 Å². The lowest BCUT2D eigenvalue weighted by molar-refractivity contribution is -0.144. The van der Waals surface area contributed by atoms with E-state index in [1.165, 1.54) is 417 Å². The van der Waals surface area contributed by atoms with Gasteiger partial charge in [-0.15, -0.1) is 0 Å². The number of esters is 1. The van der Waals surface area contributed by atoms with E-state index in [0.717, 1.165) is 38.5 Å². The first-order chi connectivity index (χ1) is 41.5. The number of carbonyl (C=O) groups is 2. The third kappa shape index (κ3) is 79.0. The molecular formula is C80H160O4. The summed E-state index contributed by atoms with van der Waals surface area (Å²) in [5.41, 5.74) is 0. The van der Waals surface area contributed by atoms with Crippen molar-refractivity contribution >= 4 is 11.9 Å². The quantitative estimate of drug-likeness (QED) is 0.0487. The zero-order valence-corrected chi connectivity index (χ0v) is 58.9. The van der Waals surface area contributed by atoms with Crippen molar-refractivity contribution in [3.05, 3.63) is 0 Å². The lowest BCUT2D eigenvalue weighted by Crippen LogP contribution is -2.13. The van der Waals surface area contributed by atoms with Gasteiger partial charge in [-0.3, -0.25) is 9.59 Å². The SMILES string of the molecule is CCCCCCCCCCCCCCCCCCCCC(CCCCCCCCCCCCCCCCCC)C(=O)O.CCCCCCCCCCCCCCCCCCCCCC(=O)OCCCCCCCCCCCCCCCCCC. The Morgan fingerprint density at radius 3 is 0.560 bits per heavy atom. The molecule has 0 aromatic carbocycles. The summed E-state index contributed by atoms with van der Waals surface area (Å²) in [6, 6.07) is 0. The second kappa shape index (κ2) is 80.0. The third-order valence-corrected chi connectivity index (χ3v) is 18.9. The molecule has 504 valence electrons. The lowest BCUT2D eigenvalue weighted by Gasteiger charge is -2.12. The standard InChI is InChI=1S/2C40H80O2/c1-3-5-7-9-11-13-15-17-19-21-22-23-24-26-28-30-32-34-36-38-40(41)42-39-37-35-33-31-29-27-25-20-18-16-14-12-10-8-6-4-2;1-3-5-7-9-11-13-15-17-19-21-22-24-26-28-30-32-34-36-38-39(40(41)42)37-35-33-31-29-27-25-23-20-18-16-14-12-10-8-6-4-2/h3-39H2,1-2H3;39H,3-38H2,1-2H3,(H,41,42). The Kier molecular flexibility index (Phi) is 80.9. The van der Waals surface area contributed by atoms with Crippen molar-refractivity contribution in [2.24, 2.45) is 5.92 Å². The molecule has 0 heterocycles. The van der Waals surface area contributed by atoms with Gasteiger partial charge in [-0.25, -0.2) is 0 Å². The van der Waals surface area contributed by atoms with Crippen LogP contribution in [0.15, 0.2) is 0 Å². The van der Waals surface area contributed by atoms with Gasteiger partial charge in [0.25, 0.3) is 0 Å². The van der Waals surface area contributed by atoms with Crippen LogP contribution in [-0.2, 0) is 14.3 Å². The van der Waals surface area contributed by atoms with Crippen molar-refractivity contribution in [2.45, 2.75) is 490 Å². The monoisotopic (exact) mass is 1190 g/mol. The highest BCUT2D eigenvalue weighted by Gasteiger charge is 2.16. The molecule has 0 spiro atoms. The van der Waals surface area contributed by atoms with Gasteiger partial charge in [0, 0.05) is 6.42 Å². The van der Waals surface area contributed by atoms with E-state index in [9.17, 15) is 14.7 Å². The van der Waals surface area contributed by atoms with E-state index in [2.05, 4.69) is 27.7 Å². The molecule has 4 heteroatoms. The highest BCUT2D eigenvalue weighted by molar-refractivity contribution is 5.70. The van der Waals surface area contributed by atoms with Gasteiger partial charge in [-0.1, -0.05) is 458 Å². The van der Waals surface area contributed by atoms with Crippen molar-refractivity contribution in [1.29, 1.82) is 0 Å². The van der Waals surface area contributed by atoms with E-state index in [1.807, 2.05) is 0 Å². The maximum Gasteiger partial charge on any atom is 0.306 e. The molecule has 0 aliphatic heterocycles. The minimum Gasteiger partial charge on any atom is -0.481 e. The Labute approximate surface area is 531 Å². The number of ether oxygens (including phenoxy) is 1.